The largest absolute Gasteiger partial charge is 0.496 e. The van der Waals surface area contributed by atoms with Crippen molar-refractivity contribution in [3.8, 4) is 5.75 Å². The van der Waals surface area contributed by atoms with Gasteiger partial charge in [-0.15, -0.1) is 0 Å². The summed E-state index contributed by atoms with van der Waals surface area (Å²) in [5.74, 6) is 2.56. The minimum atomic E-state index is -0.0815. The molecule has 200 valence electrons. The van der Waals surface area contributed by atoms with Gasteiger partial charge in [0, 0.05) is 25.6 Å². The summed E-state index contributed by atoms with van der Waals surface area (Å²) in [7, 11) is 1.76. The lowest BCUT2D eigenvalue weighted by Gasteiger charge is -2.35. The van der Waals surface area contributed by atoms with Crippen molar-refractivity contribution in [1.82, 2.24) is 9.80 Å². The summed E-state index contributed by atoms with van der Waals surface area (Å²) in [6, 6.07) is 29.6. The van der Waals surface area contributed by atoms with Crippen molar-refractivity contribution in [1.29, 1.82) is 0 Å². The summed E-state index contributed by atoms with van der Waals surface area (Å²) >= 11 is 0. The molecule has 4 heteroatoms. The van der Waals surface area contributed by atoms with Gasteiger partial charge in [0.25, 0.3) is 0 Å². The van der Waals surface area contributed by atoms with Crippen LogP contribution in [0.3, 0.4) is 0 Å². The van der Waals surface area contributed by atoms with Crippen molar-refractivity contribution in [2.24, 2.45) is 11.8 Å². The molecule has 2 fully saturated rings. The number of carbonyl (C=O) groups excluding carboxylic acids is 1. The summed E-state index contributed by atoms with van der Waals surface area (Å²) in [6.07, 6.45) is 4.49. The smallest absolute Gasteiger partial charge is 0.230 e. The minimum Gasteiger partial charge on any atom is -0.496 e. The van der Waals surface area contributed by atoms with E-state index in [9.17, 15) is 4.79 Å². The maximum atomic E-state index is 13.8. The topological polar surface area (TPSA) is 32.8 Å². The molecule has 0 N–H and O–H groups in total. The van der Waals surface area contributed by atoms with Crippen LogP contribution in [-0.4, -0.2) is 55.5 Å². The molecule has 0 bridgehead atoms. The normalized spacial score (nSPS) is 21.4. The molecule has 38 heavy (non-hydrogen) atoms. The fourth-order valence-corrected chi connectivity index (χ4v) is 6.67. The predicted octanol–water partition coefficient (Wildman–Crippen LogP) is 6.39. The maximum absolute atomic E-state index is 13.8. The van der Waals surface area contributed by atoms with Gasteiger partial charge in [0.1, 0.15) is 5.75 Å². The van der Waals surface area contributed by atoms with E-state index in [4.69, 9.17) is 4.74 Å². The molecule has 2 saturated heterocycles. The van der Waals surface area contributed by atoms with Gasteiger partial charge >= 0.3 is 0 Å². The molecular weight excluding hydrogens is 468 g/mol. The van der Waals surface area contributed by atoms with Crippen molar-refractivity contribution >= 4 is 5.91 Å². The first kappa shape index (κ1) is 26.5. The SMILES string of the molecule is CC[C@@H](C(=O)N1C[C@H](CN2CCC(Cc3ccccc3)CC2)[C@@H](c2ccccc2OC)C1)c1ccccc1. The Bertz CT molecular complexity index is 1160. The summed E-state index contributed by atoms with van der Waals surface area (Å²) in [5.41, 5.74) is 3.82. The van der Waals surface area contributed by atoms with E-state index < -0.39 is 0 Å². The number of carbonyl (C=O) groups is 1. The number of methoxy groups -OCH3 is 1. The second-order valence-corrected chi connectivity index (χ2v) is 11.2. The summed E-state index contributed by atoms with van der Waals surface area (Å²) in [6.45, 7) is 7.02. The highest BCUT2D eigenvalue weighted by Crippen LogP contribution is 2.40. The molecule has 0 spiro atoms. The van der Waals surface area contributed by atoms with E-state index in [1.165, 1.54) is 30.4 Å². The fourth-order valence-electron chi connectivity index (χ4n) is 6.67. The van der Waals surface area contributed by atoms with Crippen LogP contribution < -0.4 is 4.74 Å². The van der Waals surface area contributed by atoms with Gasteiger partial charge in [-0.05, 0) is 73.4 Å². The molecule has 3 aromatic carbocycles. The number of benzene rings is 3. The second kappa shape index (κ2) is 12.6. The van der Waals surface area contributed by atoms with Crippen LogP contribution in [0.25, 0.3) is 0 Å². The van der Waals surface area contributed by atoms with E-state index in [0.29, 0.717) is 5.92 Å². The van der Waals surface area contributed by atoms with Gasteiger partial charge in [0.15, 0.2) is 0 Å². The number of rotatable bonds is 9. The molecule has 1 amide bonds. The molecule has 3 atom stereocenters. The molecule has 0 saturated carbocycles. The van der Waals surface area contributed by atoms with Gasteiger partial charge in [-0.2, -0.15) is 0 Å². The lowest BCUT2D eigenvalue weighted by Crippen LogP contribution is -2.39. The Morgan fingerprint density at radius 2 is 1.55 bits per heavy atom. The number of piperidine rings is 1. The van der Waals surface area contributed by atoms with Crippen LogP contribution in [0.5, 0.6) is 5.75 Å². The van der Waals surface area contributed by atoms with Gasteiger partial charge in [-0.25, -0.2) is 0 Å². The third-order valence-electron chi connectivity index (χ3n) is 8.77. The van der Waals surface area contributed by atoms with Gasteiger partial charge in [0.2, 0.25) is 5.91 Å². The van der Waals surface area contributed by atoms with Crippen molar-refractivity contribution in [3.05, 3.63) is 102 Å². The number of hydrogen-bond donors (Lipinski definition) is 0. The third kappa shape index (κ3) is 6.13. The number of hydrogen-bond acceptors (Lipinski definition) is 3. The molecule has 4 nitrogen and oxygen atoms in total. The van der Waals surface area contributed by atoms with Crippen LogP contribution in [0, 0.1) is 11.8 Å². The molecule has 3 aromatic rings. The first-order chi connectivity index (χ1) is 18.7. The number of ether oxygens (including phenoxy) is 1. The number of amides is 1. The van der Waals surface area contributed by atoms with E-state index in [0.717, 1.165) is 56.4 Å². The quantitative estimate of drug-likeness (QED) is 0.335. The van der Waals surface area contributed by atoms with Gasteiger partial charge in [0.05, 0.1) is 13.0 Å². The predicted molar refractivity (Wildman–Crippen MR) is 155 cm³/mol. The zero-order chi connectivity index (χ0) is 26.3. The lowest BCUT2D eigenvalue weighted by atomic mass is 9.86. The van der Waals surface area contributed by atoms with Crippen molar-refractivity contribution < 1.29 is 9.53 Å². The summed E-state index contributed by atoms with van der Waals surface area (Å²) < 4.78 is 5.78. The summed E-state index contributed by atoms with van der Waals surface area (Å²) in [4.78, 5) is 18.6. The molecule has 0 aliphatic carbocycles. The van der Waals surface area contributed by atoms with E-state index in [1.807, 2.05) is 24.3 Å². The Kier molecular flexibility index (Phi) is 8.80. The first-order valence-electron chi connectivity index (χ1n) is 14.4. The number of nitrogens with zero attached hydrogens (tertiary/aromatic N) is 2. The first-order valence-corrected chi connectivity index (χ1v) is 14.4. The molecule has 0 unspecified atom stereocenters. The highest BCUT2D eigenvalue weighted by Gasteiger charge is 2.40. The molecule has 2 aliphatic heterocycles. The molecule has 0 aromatic heterocycles. The van der Waals surface area contributed by atoms with Crippen LogP contribution in [-0.2, 0) is 11.2 Å². The van der Waals surface area contributed by atoms with E-state index >= 15 is 0 Å². The number of likely N-dealkylation sites (tertiary alicyclic amines) is 2. The fraction of sp³-hybridized carbons (Fsp3) is 0.441. The monoisotopic (exact) mass is 510 g/mol. The average Bonchev–Trinajstić information content (AvgIpc) is 3.39. The third-order valence-corrected chi connectivity index (χ3v) is 8.77. The van der Waals surface area contributed by atoms with Crippen LogP contribution in [0.15, 0.2) is 84.9 Å². The van der Waals surface area contributed by atoms with Crippen molar-refractivity contribution in [2.45, 2.75) is 44.4 Å². The van der Waals surface area contributed by atoms with Crippen molar-refractivity contribution in [2.75, 3.05) is 39.8 Å². The Balaban J connectivity index is 1.29. The Labute approximate surface area is 228 Å². The standard InChI is InChI=1S/C34H42N2O2/c1-3-30(28-14-8-5-9-15-28)34(37)36-24-29(32(25-36)31-16-10-11-17-33(31)38-2)23-35-20-18-27(19-21-35)22-26-12-6-4-7-13-26/h4-17,27,29-30,32H,3,18-25H2,1-2H3/t29-,30+,32-/m0/s1. The van der Waals surface area contributed by atoms with E-state index in [-0.39, 0.29) is 17.7 Å². The zero-order valence-corrected chi connectivity index (χ0v) is 23.0. The van der Waals surface area contributed by atoms with Crippen LogP contribution in [0.1, 0.15) is 54.7 Å². The van der Waals surface area contributed by atoms with E-state index in [2.05, 4.69) is 77.4 Å². The van der Waals surface area contributed by atoms with Crippen LogP contribution in [0.2, 0.25) is 0 Å². The molecule has 2 heterocycles. The summed E-state index contributed by atoms with van der Waals surface area (Å²) in [5, 5.41) is 0. The molecule has 2 aliphatic rings. The van der Waals surface area contributed by atoms with Crippen LogP contribution in [0.4, 0.5) is 0 Å². The van der Waals surface area contributed by atoms with Gasteiger partial charge in [-0.1, -0.05) is 85.8 Å². The zero-order valence-electron chi connectivity index (χ0n) is 23.0. The van der Waals surface area contributed by atoms with E-state index in [1.54, 1.807) is 7.11 Å². The Hall–Kier alpha value is -3.11. The van der Waals surface area contributed by atoms with Gasteiger partial charge in [-0.3, -0.25) is 4.79 Å². The lowest BCUT2D eigenvalue weighted by molar-refractivity contribution is -0.132. The maximum Gasteiger partial charge on any atom is 0.230 e. The van der Waals surface area contributed by atoms with Gasteiger partial charge < -0.3 is 14.5 Å². The highest BCUT2D eigenvalue weighted by atomic mass is 16.5. The van der Waals surface area contributed by atoms with Crippen molar-refractivity contribution in [3.63, 3.8) is 0 Å². The minimum absolute atomic E-state index is 0.0815. The highest BCUT2D eigenvalue weighted by molar-refractivity contribution is 5.84. The second-order valence-electron chi connectivity index (χ2n) is 11.2. The Morgan fingerprint density at radius 1 is 0.895 bits per heavy atom. The number of para-hydroxylation sites is 1. The van der Waals surface area contributed by atoms with Crippen LogP contribution >= 0.6 is 0 Å². The molecular formula is C34H42N2O2. The Morgan fingerprint density at radius 3 is 2.24 bits per heavy atom. The molecule has 5 rings (SSSR count). The molecule has 0 radical (unpaired) electrons. The average molecular weight is 511 g/mol.